The molecule has 114 valence electrons. The van der Waals surface area contributed by atoms with Crippen LogP contribution in [0.5, 0.6) is 0 Å². The molecule has 0 saturated heterocycles. The number of amides is 1. The van der Waals surface area contributed by atoms with E-state index in [0.29, 0.717) is 17.7 Å². The molecule has 0 aliphatic heterocycles. The molecule has 1 N–H and O–H groups in total. The van der Waals surface area contributed by atoms with E-state index in [0.717, 1.165) is 12.8 Å². The maximum atomic E-state index is 12.9. The van der Waals surface area contributed by atoms with E-state index < -0.39 is 31.2 Å². The van der Waals surface area contributed by atoms with Crippen molar-refractivity contribution in [1.82, 2.24) is 4.90 Å². The van der Waals surface area contributed by atoms with E-state index in [1.807, 2.05) is 6.92 Å². The fourth-order valence-electron chi connectivity index (χ4n) is 1.48. The largest absolute Gasteiger partial charge is 0.463 e. The molecule has 19 heavy (non-hydrogen) atoms. The normalized spacial score (nSPS) is 12.6. The van der Waals surface area contributed by atoms with Crippen molar-refractivity contribution in [2.24, 2.45) is 0 Å². The fraction of sp³-hybridized carbons (Fsp3) is 0.909. The monoisotopic (exact) mass is 291 g/mol. The molecule has 0 aromatic rings. The van der Waals surface area contributed by atoms with Gasteiger partial charge in [0.25, 0.3) is 0 Å². The predicted octanol–water partition coefficient (Wildman–Crippen LogP) is 2.59. The third kappa shape index (κ3) is 5.30. The van der Waals surface area contributed by atoms with Crippen LogP contribution in [-0.2, 0) is 4.79 Å². The Kier molecular flexibility index (Phi) is 7.25. The molecule has 0 atom stereocenters. The number of halogens is 5. The number of aliphatic hydroxyl groups is 1. The Labute approximate surface area is 108 Å². The second-order valence-electron chi connectivity index (χ2n) is 4.15. The van der Waals surface area contributed by atoms with E-state index in [-0.39, 0.29) is 6.54 Å². The van der Waals surface area contributed by atoms with Gasteiger partial charge in [0.15, 0.2) is 0 Å². The number of hydrogen-bond acceptors (Lipinski definition) is 2. The van der Waals surface area contributed by atoms with Crippen LogP contribution in [-0.4, -0.2) is 47.7 Å². The maximum absolute atomic E-state index is 12.9. The summed E-state index contributed by atoms with van der Waals surface area (Å²) in [6, 6.07) is 0. The quantitative estimate of drug-likeness (QED) is 0.551. The number of alkyl halides is 5. The van der Waals surface area contributed by atoms with Crippen molar-refractivity contribution in [3.8, 4) is 0 Å². The molecule has 1 amide bonds. The first-order valence-electron chi connectivity index (χ1n) is 6.03. The van der Waals surface area contributed by atoms with Gasteiger partial charge in [0.1, 0.15) is 0 Å². The van der Waals surface area contributed by atoms with Gasteiger partial charge in [0.2, 0.25) is 0 Å². The zero-order valence-corrected chi connectivity index (χ0v) is 10.6. The smallest absolute Gasteiger partial charge is 0.395 e. The molecule has 8 heteroatoms. The summed E-state index contributed by atoms with van der Waals surface area (Å²) in [5.41, 5.74) is 0. The number of carbonyl (C=O) groups excluding carboxylic acids is 1. The maximum Gasteiger partial charge on any atom is 0.463 e. The zero-order chi connectivity index (χ0) is 15.1. The van der Waals surface area contributed by atoms with Crippen LogP contribution < -0.4 is 0 Å². The average Bonchev–Trinajstić information content (AvgIpc) is 2.30. The van der Waals surface area contributed by atoms with Crippen LogP contribution in [0, 0.1) is 0 Å². The van der Waals surface area contributed by atoms with Gasteiger partial charge in [-0.1, -0.05) is 26.2 Å². The Morgan fingerprint density at radius 2 is 1.63 bits per heavy atom. The van der Waals surface area contributed by atoms with Gasteiger partial charge in [-0.2, -0.15) is 22.0 Å². The molecule has 0 aromatic heterocycles. The summed E-state index contributed by atoms with van der Waals surface area (Å²) >= 11 is 0. The van der Waals surface area contributed by atoms with Gasteiger partial charge in [-0.25, -0.2) is 0 Å². The molecular formula is C11H18F5NO2. The van der Waals surface area contributed by atoms with Gasteiger partial charge in [-0.3, -0.25) is 4.79 Å². The van der Waals surface area contributed by atoms with Crippen molar-refractivity contribution in [3.63, 3.8) is 0 Å². The molecular weight excluding hydrogens is 273 g/mol. The van der Waals surface area contributed by atoms with Crippen LogP contribution in [0.1, 0.15) is 32.6 Å². The minimum Gasteiger partial charge on any atom is -0.395 e. The van der Waals surface area contributed by atoms with Crippen molar-refractivity contribution in [1.29, 1.82) is 0 Å². The van der Waals surface area contributed by atoms with Crippen LogP contribution in [0.15, 0.2) is 0 Å². The Hall–Kier alpha value is -0.920. The van der Waals surface area contributed by atoms with E-state index in [9.17, 15) is 26.7 Å². The Balaban J connectivity index is 4.65. The van der Waals surface area contributed by atoms with Gasteiger partial charge in [0.05, 0.1) is 6.61 Å². The minimum absolute atomic E-state index is 0.217. The van der Waals surface area contributed by atoms with Gasteiger partial charge >= 0.3 is 18.0 Å². The lowest BCUT2D eigenvalue weighted by atomic mass is 10.2. The van der Waals surface area contributed by atoms with Crippen LogP contribution in [0.25, 0.3) is 0 Å². The summed E-state index contributed by atoms with van der Waals surface area (Å²) in [6.07, 6.45) is -3.29. The van der Waals surface area contributed by atoms with E-state index >= 15 is 0 Å². The highest BCUT2D eigenvalue weighted by Crippen LogP contribution is 2.36. The number of carbonyl (C=O) groups is 1. The second kappa shape index (κ2) is 7.62. The van der Waals surface area contributed by atoms with Gasteiger partial charge in [-0.15, -0.1) is 0 Å². The summed E-state index contributed by atoms with van der Waals surface area (Å²) in [5.74, 6) is -7.71. The van der Waals surface area contributed by atoms with Crippen LogP contribution in [0.4, 0.5) is 22.0 Å². The molecule has 0 aliphatic carbocycles. The molecule has 3 nitrogen and oxygen atoms in total. The highest BCUT2D eigenvalue weighted by atomic mass is 19.4. The lowest BCUT2D eigenvalue weighted by molar-refractivity contribution is -0.274. The second-order valence-corrected chi connectivity index (χ2v) is 4.15. The number of hydrogen-bond donors (Lipinski definition) is 1. The fourth-order valence-corrected chi connectivity index (χ4v) is 1.48. The average molecular weight is 291 g/mol. The molecule has 0 saturated carbocycles. The Bertz CT molecular complexity index is 281. The summed E-state index contributed by atoms with van der Waals surface area (Å²) in [7, 11) is 0. The van der Waals surface area contributed by atoms with Crippen molar-refractivity contribution in [3.05, 3.63) is 0 Å². The van der Waals surface area contributed by atoms with Crippen LogP contribution in [0.3, 0.4) is 0 Å². The SMILES string of the molecule is CCCCCCN(CCO)C(=O)C(F)(F)C(F)(F)F. The lowest BCUT2D eigenvalue weighted by Gasteiger charge is -2.27. The molecule has 0 spiro atoms. The summed E-state index contributed by atoms with van der Waals surface area (Å²) < 4.78 is 62.0. The molecule has 0 fully saturated rings. The Morgan fingerprint density at radius 3 is 2.05 bits per heavy atom. The summed E-state index contributed by atoms with van der Waals surface area (Å²) in [4.78, 5) is 11.6. The van der Waals surface area contributed by atoms with Gasteiger partial charge < -0.3 is 10.0 Å². The van der Waals surface area contributed by atoms with E-state index in [2.05, 4.69) is 0 Å². The van der Waals surface area contributed by atoms with Crippen LogP contribution in [0.2, 0.25) is 0 Å². The molecule has 0 aromatic carbocycles. The summed E-state index contributed by atoms with van der Waals surface area (Å²) in [5, 5.41) is 8.64. The molecule has 0 heterocycles. The van der Waals surface area contributed by atoms with E-state index in [4.69, 9.17) is 5.11 Å². The Morgan fingerprint density at radius 1 is 1.05 bits per heavy atom. The highest BCUT2D eigenvalue weighted by molar-refractivity contribution is 5.84. The number of unbranched alkanes of at least 4 members (excludes halogenated alkanes) is 3. The third-order valence-corrected chi connectivity index (χ3v) is 2.56. The van der Waals surface area contributed by atoms with Crippen molar-refractivity contribution in [2.45, 2.75) is 44.7 Å². The van der Waals surface area contributed by atoms with Gasteiger partial charge in [0, 0.05) is 13.1 Å². The predicted molar refractivity (Wildman–Crippen MR) is 58.8 cm³/mol. The lowest BCUT2D eigenvalue weighted by Crippen LogP contribution is -2.53. The molecule has 0 radical (unpaired) electrons. The highest BCUT2D eigenvalue weighted by Gasteiger charge is 2.64. The minimum atomic E-state index is -5.92. The first kappa shape index (κ1) is 18.1. The van der Waals surface area contributed by atoms with E-state index in [1.54, 1.807) is 0 Å². The topological polar surface area (TPSA) is 40.5 Å². The van der Waals surface area contributed by atoms with Gasteiger partial charge in [-0.05, 0) is 6.42 Å². The van der Waals surface area contributed by atoms with Crippen molar-refractivity contribution >= 4 is 5.91 Å². The molecule has 0 bridgehead atoms. The standard InChI is InChI=1S/C11H18F5NO2/c1-2-3-4-5-6-17(7-8-18)9(19)10(12,13)11(14,15)16/h18H,2-8H2,1H3. The number of nitrogens with zero attached hydrogens (tertiary/aromatic N) is 1. The number of aliphatic hydroxyl groups excluding tert-OH is 1. The molecule has 0 unspecified atom stereocenters. The third-order valence-electron chi connectivity index (χ3n) is 2.56. The first-order valence-corrected chi connectivity index (χ1v) is 6.03. The van der Waals surface area contributed by atoms with E-state index in [1.165, 1.54) is 0 Å². The molecule has 0 aliphatic rings. The zero-order valence-electron chi connectivity index (χ0n) is 10.6. The van der Waals surface area contributed by atoms with Crippen LogP contribution >= 0.6 is 0 Å². The number of rotatable bonds is 8. The molecule has 0 rings (SSSR count). The van der Waals surface area contributed by atoms with Crippen molar-refractivity contribution < 1.29 is 31.9 Å². The summed E-state index contributed by atoms with van der Waals surface area (Å²) in [6.45, 7) is 0.504. The van der Waals surface area contributed by atoms with Crippen molar-refractivity contribution in [2.75, 3.05) is 19.7 Å². The first-order chi connectivity index (χ1) is 8.68.